The Morgan fingerprint density at radius 3 is 2.38 bits per heavy atom. The summed E-state index contributed by atoms with van der Waals surface area (Å²) in [5.41, 5.74) is 9.73. The van der Waals surface area contributed by atoms with Crippen LogP contribution >= 0.6 is 12.4 Å². The molecular formula is C17H20ClNO2. The van der Waals surface area contributed by atoms with Crippen LogP contribution in [-0.2, 0) is 0 Å². The van der Waals surface area contributed by atoms with E-state index < -0.39 is 0 Å². The number of hydrogen-bond donors (Lipinski definition) is 2. The first-order valence-electron chi connectivity index (χ1n) is 6.69. The van der Waals surface area contributed by atoms with Gasteiger partial charge in [0.2, 0.25) is 0 Å². The lowest BCUT2D eigenvalue weighted by atomic mass is 9.98. The molecule has 2 aromatic rings. The first kappa shape index (κ1) is 17.4. The van der Waals surface area contributed by atoms with Crippen molar-refractivity contribution in [3.05, 3.63) is 59.7 Å². The quantitative estimate of drug-likeness (QED) is 0.833. The molecule has 4 heteroatoms. The number of aliphatic hydroxyl groups excluding tert-OH is 1. The van der Waals surface area contributed by atoms with Gasteiger partial charge in [-0.1, -0.05) is 42.5 Å². The third kappa shape index (κ3) is 4.39. The molecule has 2 aromatic carbocycles. The zero-order valence-electron chi connectivity index (χ0n) is 12.0. The molecule has 0 saturated carbocycles. The molecule has 3 nitrogen and oxygen atoms in total. The van der Waals surface area contributed by atoms with E-state index >= 15 is 0 Å². The number of carbonyl (C=O) groups excluding carboxylic acids is 1. The van der Waals surface area contributed by atoms with Crippen molar-refractivity contribution in [1.29, 1.82) is 0 Å². The van der Waals surface area contributed by atoms with Gasteiger partial charge in [0.05, 0.1) is 0 Å². The Morgan fingerprint density at radius 1 is 1.14 bits per heavy atom. The second kappa shape index (κ2) is 7.93. The zero-order chi connectivity index (χ0) is 14.5. The number of aliphatic hydroxyl groups is 1. The van der Waals surface area contributed by atoms with Crippen molar-refractivity contribution in [3.63, 3.8) is 0 Å². The number of Topliss-reactive ketones (excluding diaryl/α,β-unsaturated/α-hetero) is 1. The van der Waals surface area contributed by atoms with Crippen molar-refractivity contribution >= 4 is 18.2 Å². The molecule has 21 heavy (non-hydrogen) atoms. The van der Waals surface area contributed by atoms with Crippen molar-refractivity contribution in [1.82, 2.24) is 0 Å². The van der Waals surface area contributed by atoms with Gasteiger partial charge < -0.3 is 10.8 Å². The maximum Gasteiger partial charge on any atom is 0.159 e. The third-order valence-corrected chi connectivity index (χ3v) is 3.38. The highest BCUT2D eigenvalue weighted by Gasteiger charge is 2.06. The van der Waals surface area contributed by atoms with Crippen molar-refractivity contribution in [2.45, 2.75) is 19.4 Å². The predicted octanol–water partition coefficient (Wildman–Crippen LogP) is 3.36. The lowest BCUT2D eigenvalue weighted by Crippen LogP contribution is -2.11. The highest BCUT2D eigenvalue weighted by Crippen LogP contribution is 2.23. The molecule has 0 aliphatic rings. The summed E-state index contributed by atoms with van der Waals surface area (Å²) < 4.78 is 0. The maximum atomic E-state index is 11.4. The van der Waals surface area contributed by atoms with Crippen LogP contribution in [0.4, 0.5) is 0 Å². The van der Waals surface area contributed by atoms with E-state index in [2.05, 4.69) is 0 Å². The SMILES string of the molecule is CC(=O)c1cccc(-c2ccc(C(N)CCO)cc2)c1.Cl. The summed E-state index contributed by atoms with van der Waals surface area (Å²) in [7, 11) is 0. The highest BCUT2D eigenvalue weighted by atomic mass is 35.5. The summed E-state index contributed by atoms with van der Waals surface area (Å²) in [5, 5.41) is 8.90. The number of rotatable bonds is 5. The van der Waals surface area contributed by atoms with Gasteiger partial charge in [-0.2, -0.15) is 0 Å². The van der Waals surface area contributed by atoms with Gasteiger partial charge in [-0.05, 0) is 36.1 Å². The van der Waals surface area contributed by atoms with E-state index in [0.717, 1.165) is 16.7 Å². The summed E-state index contributed by atoms with van der Waals surface area (Å²) in [6.07, 6.45) is 0.555. The van der Waals surface area contributed by atoms with Gasteiger partial charge in [0.1, 0.15) is 0 Å². The first-order valence-corrected chi connectivity index (χ1v) is 6.69. The van der Waals surface area contributed by atoms with Crippen molar-refractivity contribution in [2.75, 3.05) is 6.61 Å². The van der Waals surface area contributed by atoms with Crippen molar-refractivity contribution in [2.24, 2.45) is 5.73 Å². The molecule has 0 heterocycles. The number of carbonyl (C=O) groups is 1. The van der Waals surface area contributed by atoms with Crippen LogP contribution < -0.4 is 5.73 Å². The Bertz CT molecular complexity index is 596. The van der Waals surface area contributed by atoms with Gasteiger partial charge in [-0.25, -0.2) is 0 Å². The van der Waals surface area contributed by atoms with E-state index in [1.54, 1.807) is 6.92 Å². The van der Waals surface area contributed by atoms with E-state index in [4.69, 9.17) is 10.8 Å². The minimum absolute atomic E-state index is 0. The number of halogens is 1. The lowest BCUT2D eigenvalue weighted by molar-refractivity contribution is 0.101. The fourth-order valence-corrected chi connectivity index (χ4v) is 2.15. The Labute approximate surface area is 131 Å². The van der Waals surface area contributed by atoms with Crippen LogP contribution in [0, 0.1) is 0 Å². The van der Waals surface area contributed by atoms with Gasteiger partial charge in [-0.3, -0.25) is 4.79 Å². The van der Waals surface area contributed by atoms with Gasteiger partial charge in [-0.15, -0.1) is 12.4 Å². The molecule has 0 aliphatic heterocycles. The zero-order valence-corrected chi connectivity index (χ0v) is 12.8. The van der Waals surface area contributed by atoms with Crippen LogP contribution in [0.1, 0.15) is 35.3 Å². The molecular weight excluding hydrogens is 286 g/mol. The largest absolute Gasteiger partial charge is 0.396 e. The van der Waals surface area contributed by atoms with E-state index in [-0.39, 0.29) is 30.8 Å². The molecule has 0 aromatic heterocycles. The predicted molar refractivity (Wildman–Crippen MR) is 87.8 cm³/mol. The molecule has 3 N–H and O–H groups in total. The van der Waals surface area contributed by atoms with E-state index in [0.29, 0.717) is 12.0 Å². The minimum Gasteiger partial charge on any atom is -0.396 e. The number of hydrogen-bond acceptors (Lipinski definition) is 3. The Hall–Kier alpha value is -1.68. The number of ketones is 1. The Balaban J connectivity index is 0.00000220. The molecule has 1 unspecified atom stereocenters. The molecule has 1 atom stereocenters. The van der Waals surface area contributed by atoms with Crippen LogP contribution in [0.15, 0.2) is 48.5 Å². The van der Waals surface area contributed by atoms with Crippen molar-refractivity contribution in [3.8, 4) is 11.1 Å². The van der Waals surface area contributed by atoms with Crippen LogP contribution in [0.2, 0.25) is 0 Å². The molecule has 112 valence electrons. The summed E-state index contributed by atoms with van der Waals surface area (Å²) in [4.78, 5) is 11.4. The minimum atomic E-state index is -0.141. The average molecular weight is 306 g/mol. The lowest BCUT2D eigenvalue weighted by Gasteiger charge is -2.11. The summed E-state index contributed by atoms with van der Waals surface area (Å²) in [5.74, 6) is 0.0634. The first-order chi connectivity index (χ1) is 9.61. The molecule has 0 saturated heterocycles. The van der Waals surface area contributed by atoms with Gasteiger partial charge in [0.15, 0.2) is 5.78 Å². The average Bonchev–Trinajstić information content (AvgIpc) is 2.48. The third-order valence-electron chi connectivity index (χ3n) is 3.38. The summed E-state index contributed by atoms with van der Waals surface area (Å²) in [6.45, 7) is 1.65. The van der Waals surface area contributed by atoms with Crippen LogP contribution in [0.25, 0.3) is 11.1 Å². The fraction of sp³-hybridized carbons (Fsp3) is 0.235. The van der Waals surface area contributed by atoms with E-state index in [9.17, 15) is 4.79 Å². The van der Waals surface area contributed by atoms with E-state index in [1.807, 2.05) is 48.5 Å². The topological polar surface area (TPSA) is 63.3 Å². The molecule has 0 bridgehead atoms. The van der Waals surface area contributed by atoms with E-state index in [1.165, 1.54) is 0 Å². The number of nitrogens with two attached hydrogens (primary N) is 1. The molecule has 0 aliphatic carbocycles. The molecule has 0 radical (unpaired) electrons. The fourth-order valence-electron chi connectivity index (χ4n) is 2.15. The molecule has 0 amide bonds. The van der Waals surface area contributed by atoms with Crippen LogP contribution in [-0.4, -0.2) is 17.5 Å². The standard InChI is InChI=1S/C17H19NO2.ClH/c1-12(20)15-3-2-4-16(11-15)13-5-7-14(8-6-13)17(18)9-10-19;/h2-8,11,17,19H,9-10,18H2,1H3;1H. The second-order valence-corrected chi connectivity index (χ2v) is 4.88. The maximum absolute atomic E-state index is 11.4. The second-order valence-electron chi connectivity index (χ2n) is 4.88. The van der Waals surface area contributed by atoms with Gasteiger partial charge >= 0.3 is 0 Å². The Kier molecular flexibility index (Phi) is 6.56. The van der Waals surface area contributed by atoms with Crippen molar-refractivity contribution < 1.29 is 9.90 Å². The number of benzene rings is 2. The Morgan fingerprint density at radius 2 is 1.81 bits per heavy atom. The van der Waals surface area contributed by atoms with Crippen LogP contribution in [0.3, 0.4) is 0 Å². The molecule has 0 spiro atoms. The summed E-state index contributed by atoms with van der Waals surface area (Å²) >= 11 is 0. The monoisotopic (exact) mass is 305 g/mol. The van der Waals surface area contributed by atoms with Gasteiger partial charge in [0, 0.05) is 18.2 Å². The van der Waals surface area contributed by atoms with Gasteiger partial charge in [0.25, 0.3) is 0 Å². The summed E-state index contributed by atoms with van der Waals surface area (Å²) in [6, 6.07) is 15.4. The highest BCUT2D eigenvalue weighted by molar-refractivity contribution is 5.95. The molecule has 2 rings (SSSR count). The smallest absolute Gasteiger partial charge is 0.159 e. The molecule has 0 fully saturated rings. The normalized spacial score (nSPS) is 11.6. The van der Waals surface area contributed by atoms with Crippen LogP contribution in [0.5, 0.6) is 0 Å².